The van der Waals surface area contributed by atoms with Crippen molar-refractivity contribution in [1.29, 1.82) is 5.41 Å². The first-order valence-corrected chi connectivity index (χ1v) is 10.0. The average molecular weight is 445 g/mol. The maximum absolute atomic E-state index is 13.2. The SMILES string of the molecule is N=C(N)Nc1cccc(OC(=O)[C@H](Cc2ccccc2)N(NC=O)C(=O)c2ccccc2)c1. The van der Waals surface area contributed by atoms with Crippen molar-refractivity contribution in [2.24, 2.45) is 5.73 Å². The summed E-state index contributed by atoms with van der Waals surface area (Å²) in [7, 11) is 0. The van der Waals surface area contributed by atoms with Crippen LogP contribution in [0.15, 0.2) is 84.9 Å². The van der Waals surface area contributed by atoms with E-state index >= 15 is 0 Å². The van der Waals surface area contributed by atoms with E-state index < -0.39 is 17.9 Å². The number of guanidine groups is 1. The van der Waals surface area contributed by atoms with E-state index in [4.69, 9.17) is 15.9 Å². The van der Waals surface area contributed by atoms with Gasteiger partial charge < -0.3 is 15.8 Å². The Hall–Kier alpha value is -4.66. The van der Waals surface area contributed by atoms with E-state index in [0.717, 1.165) is 10.6 Å². The molecule has 168 valence electrons. The molecule has 0 aliphatic carbocycles. The molecule has 0 aliphatic rings. The number of carbonyl (C=O) groups excluding carboxylic acids is 3. The van der Waals surface area contributed by atoms with E-state index in [-0.39, 0.29) is 18.1 Å². The van der Waals surface area contributed by atoms with Gasteiger partial charge in [-0.25, -0.2) is 9.80 Å². The van der Waals surface area contributed by atoms with Gasteiger partial charge in [-0.05, 0) is 29.8 Å². The molecule has 3 aromatic carbocycles. The van der Waals surface area contributed by atoms with Crippen LogP contribution in [0.1, 0.15) is 15.9 Å². The molecule has 3 aromatic rings. The van der Waals surface area contributed by atoms with Gasteiger partial charge in [-0.2, -0.15) is 0 Å². The molecule has 0 saturated heterocycles. The average Bonchev–Trinajstić information content (AvgIpc) is 2.82. The minimum absolute atomic E-state index is 0.102. The van der Waals surface area contributed by atoms with Crippen LogP contribution >= 0.6 is 0 Å². The van der Waals surface area contributed by atoms with Crippen molar-refractivity contribution in [3.05, 3.63) is 96.1 Å². The van der Waals surface area contributed by atoms with E-state index in [1.54, 1.807) is 48.5 Å². The van der Waals surface area contributed by atoms with Gasteiger partial charge >= 0.3 is 5.97 Å². The standard InChI is InChI=1S/C24H23N5O4/c25-24(26)28-19-12-7-13-20(15-19)33-23(32)21(14-17-8-3-1-4-9-17)29(27-16-30)22(31)18-10-5-2-6-11-18/h1-13,15-16,21H,14H2,(H,27,30)(H4,25,26,28)/t21-/m0/s1. The maximum atomic E-state index is 13.2. The number of esters is 1. The minimum Gasteiger partial charge on any atom is -0.425 e. The molecule has 0 fully saturated rings. The summed E-state index contributed by atoms with van der Waals surface area (Å²) in [4.78, 5) is 37.7. The van der Waals surface area contributed by atoms with Gasteiger partial charge in [-0.3, -0.25) is 20.4 Å². The smallest absolute Gasteiger partial charge is 0.336 e. The van der Waals surface area contributed by atoms with Crippen molar-refractivity contribution in [2.75, 3.05) is 5.32 Å². The largest absolute Gasteiger partial charge is 0.425 e. The number of anilines is 1. The van der Waals surface area contributed by atoms with Gasteiger partial charge in [0.05, 0.1) is 0 Å². The number of ether oxygens (including phenoxy) is 1. The number of rotatable bonds is 9. The third-order valence-corrected chi connectivity index (χ3v) is 4.62. The van der Waals surface area contributed by atoms with E-state index in [1.807, 2.05) is 30.3 Å². The first-order chi connectivity index (χ1) is 16.0. The second kappa shape index (κ2) is 11.1. The predicted molar refractivity (Wildman–Crippen MR) is 123 cm³/mol. The Labute approximate surface area is 190 Å². The fourth-order valence-corrected chi connectivity index (χ4v) is 3.16. The van der Waals surface area contributed by atoms with Gasteiger partial charge in [0.25, 0.3) is 5.91 Å². The molecule has 0 spiro atoms. The van der Waals surface area contributed by atoms with E-state index in [1.165, 1.54) is 6.07 Å². The highest BCUT2D eigenvalue weighted by Crippen LogP contribution is 2.20. The van der Waals surface area contributed by atoms with Gasteiger partial charge in [-0.15, -0.1) is 0 Å². The van der Waals surface area contributed by atoms with Crippen molar-refractivity contribution in [1.82, 2.24) is 10.4 Å². The number of nitrogens with zero attached hydrogens (tertiary/aromatic N) is 1. The molecule has 0 unspecified atom stereocenters. The first kappa shape index (κ1) is 23.0. The van der Waals surface area contributed by atoms with Crippen LogP contribution in [0, 0.1) is 5.41 Å². The second-order valence-corrected chi connectivity index (χ2v) is 6.98. The van der Waals surface area contributed by atoms with Crippen LogP contribution in [-0.2, 0) is 16.0 Å². The van der Waals surface area contributed by atoms with Crippen LogP contribution in [0.25, 0.3) is 0 Å². The Morgan fingerprint density at radius 2 is 1.67 bits per heavy atom. The molecule has 3 rings (SSSR count). The molecule has 0 heterocycles. The molecule has 9 heteroatoms. The number of nitrogens with two attached hydrogens (primary N) is 1. The zero-order valence-corrected chi connectivity index (χ0v) is 17.6. The molecule has 9 nitrogen and oxygen atoms in total. The highest BCUT2D eigenvalue weighted by Gasteiger charge is 2.33. The summed E-state index contributed by atoms with van der Waals surface area (Å²) in [6, 6.07) is 22.5. The Morgan fingerprint density at radius 3 is 2.30 bits per heavy atom. The van der Waals surface area contributed by atoms with Gasteiger partial charge in [-0.1, -0.05) is 54.6 Å². The fraction of sp³-hybridized carbons (Fsp3) is 0.0833. The molecule has 1 atom stereocenters. The Bertz CT molecular complexity index is 1120. The molecule has 0 aromatic heterocycles. The third-order valence-electron chi connectivity index (χ3n) is 4.62. The van der Waals surface area contributed by atoms with E-state index in [0.29, 0.717) is 17.7 Å². The minimum atomic E-state index is -1.16. The van der Waals surface area contributed by atoms with Gasteiger partial charge in [0, 0.05) is 23.7 Å². The van der Waals surface area contributed by atoms with Crippen molar-refractivity contribution in [3.8, 4) is 5.75 Å². The lowest BCUT2D eigenvalue weighted by molar-refractivity contribution is -0.141. The van der Waals surface area contributed by atoms with Crippen LogP contribution in [0.3, 0.4) is 0 Å². The Balaban J connectivity index is 1.92. The van der Waals surface area contributed by atoms with Crippen LogP contribution < -0.4 is 21.2 Å². The second-order valence-electron chi connectivity index (χ2n) is 6.98. The fourth-order valence-electron chi connectivity index (χ4n) is 3.16. The quantitative estimate of drug-likeness (QED) is 0.0996. The number of benzene rings is 3. The molecule has 0 radical (unpaired) electrons. The number of hydrazine groups is 1. The number of nitrogens with one attached hydrogen (secondary N) is 3. The van der Waals surface area contributed by atoms with E-state index in [9.17, 15) is 14.4 Å². The topological polar surface area (TPSA) is 138 Å². The summed E-state index contributed by atoms with van der Waals surface area (Å²) in [5.41, 5.74) is 9.22. The Kier molecular flexibility index (Phi) is 7.74. The number of carbonyl (C=O) groups is 3. The maximum Gasteiger partial charge on any atom is 0.336 e. The third kappa shape index (κ3) is 6.41. The molecular formula is C24H23N5O4. The van der Waals surface area contributed by atoms with Gasteiger partial charge in [0.2, 0.25) is 6.41 Å². The van der Waals surface area contributed by atoms with Crippen molar-refractivity contribution in [3.63, 3.8) is 0 Å². The first-order valence-electron chi connectivity index (χ1n) is 10.0. The van der Waals surface area contributed by atoms with Crippen LogP contribution in [-0.4, -0.2) is 35.3 Å². The molecule has 0 aliphatic heterocycles. The summed E-state index contributed by atoms with van der Waals surface area (Å²) < 4.78 is 5.54. The summed E-state index contributed by atoms with van der Waals surface area (Å²) in [5.74, 6) is -1.40. The zero-order chi connectivity index (χ0) is 23.6. The van der Waals surface area contributed by atoms with Crippen molar-refractivity contribution >= 4 is 29.9 Å². The molecule has 0 bridgehead atoms. The number of amides is 2. The van der Waals surface area contributed by atoms with E-state index in [2.05, 4.69) is 10.7 Å². The lowest BCUT2D eigenvalue weighted by Crippen LogP contribution is -2.54. The zero-order valence-electron chi connectivity index (χ0n) is 17.6. The lowest BCUT2D eigenvalue weighted by Gasteiger charge is -2.29. The van der Waals surface area contributed by atoms with Crippen LogP contribution in [0.4, 0.5) is 5.69 Å². The van der Waals surface area contributed by atoms with Crippen LogP contribution in [0.2, 0.25) is 0 Å². The summed E-state index contributed by atoms with van der Waals surface area (Å²) in [6.07, 6.45) is 0.438. The summed E-state index contributed by atoms with van der Waals surface area (Å²) in [5, 5.41) is 10.9. The Morgan fingerprint density at radius 1 is 1.00 bits per heavy atom. The monoisotopic (exact) mass is 445 g/mol. The summed E-state index contributed by atoms with van der Waals surface area (Å²) >= 11 is 0. The molecule has 5 N–H and O–H groups in total. The highest BCUT2D eigenvalue weighted by molar-refractivity contribution is 5.97. The molecule has 2 amide bonds. The normalized spacial score (nSPS) is 11.0. The molecule has 33 heavy (non-hydrogen) atoms. The predicted octanol–water partition coefficient (Wildman–Crippen LogP) is 2.31. The highest BCUT2D eigenvalue weighted by atomic mass is 16.5. The number of hydrogen-bond acceptors (Lipinski definition) is 5. The van der Waals surface area contributed by atoms with Crippen LogP contribution in [0.5, 0.6) is 5.75 Å². The van der Waals surface area contributed by atoms with Crippen molar-refractivity contribution in [2.45, 2.75) is 12.5 Å². The van der Waals surface area contributed by atoms with Crippen molar-refractivity contribution < 1.29 is 19.1 Å². The lowest BCUT2D eigenvalue weighted by atomic mass is 10.0. The summed E-state index contributed by atoms with van der Waals surface area (Å²) in [6.45, 7) is 0. The molecular weight excluding hydrogens is 422 g/mol. The number of hydrogen-bond donors (Lipinski definition) is 4. The van der Waals surface area contributed by atoms with Gasteiger partial charge in [0.1, 0.15) is 5.75 Å². The van der Waals surface area contributed by atoms with Gasteiger partial charge in [0.15, 0.2) is 12.0 Å². The molecule has 0 saturated carbocycles.